The van der Waals surface area contributed by atoms with Gasteiger partial charge in [-0.3, -0.25) is 0 Å². The first-order valence-electron chi connectivity index (χ1n) is 8.11. The third-order valence-corrected chi connectivity index (χ3v) is 5.21. The van der Waals surface area contributed by atoms with E-state index in [9.17, 15) is 0 Å². The second-order valence-electron chi connectivity index (χ2n) is 6.23. The quantitative estimate of drug-likeness (QED) is 0.389. The number of benzene rings is 2. The third-order valence-electron chi connectivity index (χ3n) is 4.71. The van der Waals surface area contributed by atoms with Crippen LogP contribution in [0.3, 0.4) is 0 Å². The zero-order chi connectivity index (χ0) is 17.8. The number of nitrogens with two attached hydrogens (primary N) is 1. The smallest absolute Gasteiger partial charge is 0.226 e. The van der Waals surface area contributed by atoms with Gasteiger partial charge in [-0.2, -0.15) is 4.98 Å². The topological polar surface area (TPSA) is 63.9 Å². The minimum Gasteiger partial charge on any atom is -0.437 e. The number of anilines is 1. The molecule has 3 N–H and O–H groups in total. The number of nitrogens with one attached hydrogen (secondary N) is 1. The third kappa shape index (κ3) is 2.19. The Bertz CT molecular complexity index is 1160. The van der Waals surface area contributed by atoms with Crippen molar-refractivity contribution in [1.29, 1.82) is 0 Å². The van der Waals surface area contributed by atoms with E-state index in [1.54, 1.807) is 6.07 Å². The molecule has 0 bridgehead atoms. The number of H-pyrrole nitrogens is 1. The monoisotopic (exact) mass is 381 g/mol. The van der Waals surface area contributed by atoms with Crippen LogP contribution in [-0.2, 0) is 0 Å². The van der Waals surface area contributed by atoms with Crippen molar-refractivity contribution in [2.45, 2.75) is 5.92 Å². The maximum atomic E-state index is 6.42. The summed E-state index contributed by atoms with van der Waals surface area (Å²) in [5, 5.41) is 2.90. The first kappa shape index (κ1) is 15.6. The molecule has 2 aromatic heterocycles. The predicted octanol–water partition coefficient (Wildman–Crippen LogP) is 5.74. The molecule has 1 aliphatic rings. The summed E-state index contributed by atoms with van der Waals surface area (Å²) < 4.78 is 6.08. The van der Waals surface area contributed by atoms with Gasteiger partial charge in [-0.1, -0.05) is 47.5 Å². The molecule has 0 saturated heterocycles. The van der Waals surface area contributed by atoms with Crippen LogP contribution < -0.4 is 10.5 Å². The standard InChI is InChI=1S/C20H13Cl2N3O/c21-10-8-13-16(15-6-3-7-24-15)17-11-4-1-2-5-12(11)19(23)25-20(17)26-18(13)14(22)9-10/h1-9,16,24H,(H2,23,25). The Labute approximate surface area is 159 Å². The highest BCUT2D eigenvalue weighted by atomic mass is 35.5. The molecule has 0 radical (unpaired) electrons. The van der Waals surface area contributed by atoms with Crippen LogP contribution in [0.15, 0.2) is 54.7 Å². The maximum absolute atomic E-state index is 6.42. The number of aromatic amines is 1. The minimum atomic E-state index is -0.141. The molecular formula is C20H13Cl2N3O. The number of nitrogen functional groups attached to an aromatic ring is 1. The summed E-state index contributed by atoms with van der Waals surface area (Å²) >= 11 is 12.7. The molecule has 0 spiro atoms. The van der Waals surface area contributed by atoms with Gasteiger partial charge in [-0.05, 0) is 29.7 Å². The Balaban J connectivity index is 1.91. The van der Waals surface area contributed by atoms with Crippen molar-refractivity contribution in [3.8, 4) is 11.6 Å². The Morgan fingerprint density at radius 2 is 1.85 bits per heavy atom. The fourth-order valence-corrected chi connectivity index (χ4v) is 4.19. The summed E-state index contributed by atoms with van der Waals surface area (Å²) in [6, 6.07) is 15.5. The molecule has 1 atom stereocenters. The van der Waals surface area contributed by atoms with Gasteiger partial charge in [0.25, 0.3) is 0 Å². The van der Waals surface area contributed by atoms with Crippen molar-refractivity contribution in [3.63, 3.8) is 0 Å². The van der Waals surface area contributed by atoms with Gasteiger partial charge in [0.05, 0.1) is 10.9 Å². The SMILES string of the molecule is Nc1nc2c(c3ccccc13)C(c1ccc[nH]1)c1cc(Cl)cc(Cl)c1O2. The zero-order valence-corrected chi connectivity index (χ0v) is 15.0. The van der Waals surface area contributed by atoms with E-state index in [-0.39, 0.29) is 5.92 Å². The van der Waals surface area contributed by atoms with E-state index in [1.807, 2.05) is 48.7 Å². The van der Waals surface area contributed by atoms with E-state index in [2.05, 4.69) is 9.97 Å². The van der Waals surface area contributed by atoms with Crippen LogP contribution in [0.25, 0.3) is 10.8 Å². The summed E-state index contributed by atoms with van der Waals surface area (Å²) in [5.74, 6) is 1.32. The number of rotatable bonds is 1. The number of hydrogen-bond donors (Lipinski definition) is 2. The molecule has 5 rings (SSSR count). The van der Waals surface area contributed by atoms with Crippen LogP contribution in [0, 0.1) is 0 Å². The van der Waals surface area contributed by atoms with Crippen LogP contribution in [0.2, 0.25) is 10.0 Å². The van der Waals surface area contributed by atoms with E-state index in [0.29, 0.717) is 27.5 Å². The molecule has 0 aliphatic carbocycles. The molecule has 4 aromatic rings. The molecule has 0 saturated carbocycles. The number of hydrogen-bond acceptors (Lipinski definition) is 3. The van der Waals surface area contributed by atoms with Gasteiger partial charge in [0.15, 0.2) is 5.75 Å². The predicted molar refractivity (Wildman–Crippen MR) is 104 cm³/mol. The Hall–Kier alpha value is -2.69. The maximum Gasteiger partial charge on any atom is 0.226 e. The number of fused-ring (bicyclic) bond motifs is 4. The van der Waals surface area contributed by atoms with Crippen LogP contribution in [0.5, 0.6) is 11.6 Å². The van der Waals surface area contributed by atoms with E-state index in [4.69, 9.17) is 33.7 Å². The highest BCUT2D eigenvalue weighted by Gasteiger charge is 2.34. The summed E-state index contributed by atoms with van der Waals surface area (Å²) in [5.41, 5.74) is 9.02. The van der Waals surface area contributed by atoms with Crippen molar-refractivity contribution in [1.82, 2.24) is 9.97 Å². The van der Waals surface area contributed by atoms with Gasteiger partial charge in [0.2, 0.25) is 5.88 Å². The number of halogens is 2. The van der Waals surface area contributed by atoms with E-state index >= 15 is 0 Å². The fraction of sp³-hybridized carbons (Fsp3) is 0.0500. The molecule has 0 fully saturated rings. The average molecular weight is 382 g/mol. The molecule has 2 aromatic carbocycles. The molecule has 1 aliphatic heterocycles. The second-order valence-corrected chi connectivity index (χ2v) is 7.07. The number of nitrogens with zero attached hydrogens (tertiary/aromatic N) is 1. The molecule has 6 heteroatoms. The highest BCUT2D eigenvalue weighted by molar-refractivity contribution is 6.35. The van der Waals surface area contributed by atoms with Gasteiger partial charge >= 0.3 is 0 Å². The lowest BCUT2D eigenvalue weighted by Crippen LogP contribution is -2.15. The van der Waals surface area contributed by atoms with Crippen molar-refractivity contribution >= 4 is 39.8 Å². The Morgan fingerprint density at radius 1 is 1.04 bits per heavy atom. The van der Waals surface area contributed by atoms with Crippen molar-refractivity contribution in [2.24, 2.45) is 0 Å². The van der Waals surface area contributed by atoms with Gasteiger partial charge < -0.3 is 15.5 Å². The zero-order valence-electron chi connectivity index (χ0n) is 13.5. The summed E-state index contributed by atoms with van der Waals surface area (Å²) in [4.78, 5) is 7.82. The van der Waals surface area contributed by atoms with Gasteiger partial charge in [0, 0.05) is 33.4 Å². The molecular weight excluding hydrogens is 369 g/mol. The van der Waals surface area contributed by atoms with Crippen molar-refractivity contribution in [2.75, 3.05) is 5.73 Å². The average Bonchev–Trinajstić information content (AvgIpc) is 3.15. The van der Waals surface area contributed by atoms with E-state index in [1.165, 1.54) is 0 Å². The van der Waals surface area contributed by atoms with Gasteiger partial charge in [0.1, 0.15) is 5.82 Å². The number of aromatic nitrogens is 2. The summed E-state index contributed by atoms with van der Waals surface area (Å²) in [6.45, 7) is 0. The van der Waals surface area contributed by atoms with Crippen LogP contribution >= 0.6 is 23.2 Å². The van der Waals surface area contributed by atoms with Crippen LogP contribution in [0.1, 0.15) is 22.7 Å². The first-order chi connectivity index (χ1) is 12.6. The lowest BCUT2D eigenvalue weighted by atomic mass is 9.84. The van der Waals surface area contributed by atoms with E-state index < -0.39 is 0 Å². The molecule has 26 heavy (non-hydrogen) atoms. The minimum absolute atomic E-state index is 0.141. The van der Waals surface area contributed by atoms with Crippen LogP contribution in [0.4, 0.5) is 5.82 Å². The molecule has 128 valence electrons. The number of ether oxygens (including phenoxy) is 1. The first-order valence-corrected chi connectivity index (χ1v) is 8.87. The van der Waals surface area contributed by atoms with E-state index in [0.717, 1.165) is 27.6 Å². The lowest BCUT2D eigenvalue weighted by Gasteiger charge is -2.29. The fourth-order valence-electron chi connectivity index (χ4n) is 3.64. The van der Waals surface area contributed by atoms with Crippen molar-refractivity contribution < 1.29 is 4.74 Å². The normalized spacial score (nSPS) is 15.4. The summed E-state index contributed by atoms with van der Waals surface area (Å²) in [6.07, 6.45) is 1.89. The van der Waals surface area contributed by atoms with Gasteiger partial charge in [-0.15, -0.1) is 0 Å². The highest BCUT2D eigenvalue weighted by Crippen LogP contribution is 2.52. The summed E-state index contributed by atoms with van der Waals surface area (Å²) in [7, 11) is 0. The van der Waals surface area contributed by atoms with Gasteiger partial charge in [-0.25, -0.2) is 0 Å². The molecule has 1 unspecified atom stereocenters. The Kier molecular flexibility index (Phi) is 3.39. The molecule has 4 nitrogen and oxygen atoms in total. The lowest BCUT2D eigenvalue weighted by molar-refractivity contribution is 0.436. The number of pyridine rings is 1. The second kappa shape index (κ2) is 5.66. The largest absolute Gasteiger partial charge is 0.437 e. The van der Waals surface area contributed by atoms with Crippen LogP contribution in [-0.4, -0.2) is 9.97 Å². The molecule has 3 heterocycles. The van der Waals surface area contributed by atoms with Crippen molar-refractivity contribution in [3.05, 3.63) is 81.6 Å². The Morgan fingerprint density at radius 3 is 2.62 bits per heavy atom. The molecule has 0 amide bonds.